The fourth-order valence-electron chi connectivity index (χ4n) is 9.60. The number of nitrogens with one attached hydrogen (secondary N) is 1. The van der Waals surface area contributed by atoms with Gasteiger partial charge >= 0.3 is 0 Å². The molecular formula is C58H107NO13. The van der Waals surface area contributed by atoms with E-state index < -0.39 is 86.8 Å². The van der Waals surface area contributed by atoms with Crippen LogP contribution in [0.1, 0.15) is 232 Å². The molecule has 14 heteroatoms. The summed E-state index contributed by atoms with van der Waals surface area (Å²) < 4.78 is 22.7. The van der Waals surface area contributed by atoms with Gasteiger partial charge in [-0.1, -0.05) is 211 Å². The van der Waals surface area contributed by atoms with E-state index in [0.717, 1.165) is 64.2 Å². The predicted octanol–water partition coefficient (Wildman–Crippen LogP) is 9.44. The minimum atomic E-state index is -1.78. The van der Waals surface area contributed by atoms with Crippen molar-refractivity contribution in [3.05, 3.63) is 36.5 Å². The van der Waals surface area contributed by atoms with Crippen LogP contribution in [0.25, 0.3) is 0 Å². The molecule has 0 spiro atoms. The maximum absolute atomic E-state index is 13.2. The number of amides is 1. The lowest BCUT2D eigenvalue weighted by Gasteiger charge is -2.46. The number of aliphatic hydroxyl groups is 8. The maximum Gasteiger partial charge on any atom is 0.220 e. The molecule has 0 saturated carbocycles. The molecule has 72 heavy (non-hydrogen) atoms. The van der Waals surface area contributed by atoms with Gasteiger partial charge in [-0.05, 0) is 51.4 Å². The second-order valence-electron chi connectivity index (χ2n) is 20.8. The van der Waals surface area contributed by atoms with Crippen LogP contribution in [0.2, 0.25) is 0 Å². The van der Waals surface area contributed by atoms with Gasteiger partial charge in [-0.25, -0.2) is 0 Å². The van der Waals surface area contributed by atoms with E-state index in [1.807, 2.05) is 0 Å². The summed E-state index contributed by atoms with van der Waals surface area (Å²) in [4.78, 5) is 13.2. The van der Waals surface area contributed by atoms with Crippen LogP contribution in [-0.4, -0.2) is 140 Å². The molecule has 422 valence electrons. The smallest absolute Gasteiger partial charge is 0.220 e. The molecule has 0 aromatic rings. The largest absolute Gasteiger partial charge is 0.394 e. The van der Waals surface area contributed by atoms with E-state index in [2.05, 4.69) is 55.6 Å². The van der Waals surface area contributed by atoms with E-state index in [1.54, 1.807) is 0 Å². The lowest BCUT2D eigenvalue weighted by molar-refractivity contribution is -0.359. The van der Waals surface area contributed by atoms with E-state index in [1.165, 1.54) is 141 Å². The van der Waals surface area contributed by atoms with E-state index in [9.17, 15) is 45.6 Å². The van der Waals surface area contributed by atoms with Crippen LogP contribution in [0.5, 0.6) is 0 Å². The lowest BCUT2D eigenvalue weighted by atomic mass is 9.97. The summed E-state index contributed by atoms with van der Waals surface area (Å²) in [5, 5.41) is 86.9. The van der Waals surface area contributed by atoms with Gasteiger partial charge in [0.2, 0.25) is 5.91 Å². The Hall–Kier alpha value is -1.79. The highest BCUT2D eigenvalue weighted by Gasteiger charge is 2.51. The van der Waals surface area contributed by atoms with E-state index >= 15 is 0 Å². The molecule has 2 aliphatic rings. The summed E-state index contributed by atoms with van der Waals surface area (Å²) in [6.45, 7) is 2.82. The minimum absolute atomic E-state index is 0.209. The average Bonchev–Trinajstić information content (AvgIpc) is 3.38. The summed E-state index contributed by atoms with van der Waals surface area (Å²) in [5.74, 6) is -0.209. The first-order chi connectivity index (χ1) is 35.1. The lowest BCUT2D eigenvalue weighted by Crippen LogP contribution is -2.65. The zero-order valence-corrected chi connectivity index (χ0v) is 45.2. The highest BCUT2D eigenvalue weighted by atomic mass is 16.7. The summed E-state index contributed by atoms with van der Waals surface area (Å²) in [6, 6.07) is -0.826. The standard InChI is InChI=1S/C58H107NO13/c1-3-5-7-9-11-13-14-15-16-17-18-19-20-21-22-23-24-25-26-27-28-29-30-31-32-34-36-38-40-42-50(63)59-46(47(62)41-39-37-35-33-12-10-8-6-4-2)45-69-57-55(68)53(66)56(49(44-61)71-57)72-58-54(67)52(65)51(64)48(43-60)70-58/h14-15,17-18,20-21,46-49,51-58,60-62,64-68H,3-13,16,19,22-45H2,1-2H3,(H,59,63)/b15-14-,18-17-,21-20-. The number of aliphatic hydroxyl groups excluding tert-OH is 8. The number of carbonyl (C=O) groups excluding carboxylic acids is 1. The number of rotatable bonds is 46. The molecule has 0 aromatic heterocycles. The van der Waals surface area contributed by atoms with E-state index in [4.69, 9.17) is 18.9 Å². The number of ether oxygens (including phenoxy) is 4. The molecule has 12 atom stereocenters. The number of carbonyl (C=O) groups is 1. The third-order valence-corrected chi connectivity index (χ3v) is 14.4. The summed E-state index contributed by atoms with van der Waals surface area (Å²) in [6.07, 6.45) is 36.0. The molecule has 12 unspecified atom stereocenters. The Morgan fingerprint density at radius 3 is 1.40 bits per heavy atom. The fourth-order valence-corrected chi connectivity index (χ4v) is 9.60. The van der Waals surface area contributed by atoms with Gasteiger partial charge in [0.25, 0.3) is 0 Å². The van der Waals surface area contributed by atoms with Gasteiger partial charge in [-0.15, -0.1) is 0 Å². The molecule has 2 saturated heterocycles. The van der Waals surface area contributed by atoms with Gasteiger partial charge in [0.15, 0.2) is 12.6 Å². The zero-order valence-electron chi connectivity index (χ0n) is 45.2. The highest BCUT2D eigenvalue weighted by Crippen LogP contribution is 2.30. The quantitative estimate of drug-likeness (QED) is 0.0205. The van der Waals surface area contributed by atoms with Crippen LogP contribution in [0.15, 0.2) is 36.5 Å². The van der Waals surface area contributed by atoms with Gasteiger partial charge in [0.1, 0.15) is 48.8 Å². The average molecular weight is 1030 g/mol. The van der Waals surface area contributed by atoms with E-state index in [-0.39, 0.29) is 12.5 Å². The predicted molar refractivity (Wildman–Crippen MR) is 286 cm³/mol. The van der Waals surface area contributed by atoms with Crippen LogP contribution in [0.4, 0.5) is 0 Å². The number of allylic oxidation sites excluding steroid dienone is 6. The van der Waals surface area contributed by atoms with Crippen LogP contribution < -0.4 is 5.32 Å². The third kappa shape index (κ3) is 30.1. The molecule has 14 nitrogen and oxygen atoms in total. The first kappa shape index (κ1) is 66.3. The molecule has 0 radical (unpaired) electrons. The molecule has 2 fully saturated rings. The summed E-state index contributed by atoms with van der Waals surface area (Å²) in [5.41, 5.74) is 0. The molecule has 0 bridgehead atoms. The zero-order chi connectivity index (χ0) is 52.4. The van der Waals surface area contributed by atoms with Crippen molar-refractivity contribution in [2.24, 2.45) is 0 Å². The molecule has 2 rings (SSSR count). The Morgan fingerprint density at radius 1 is 0.500 bits per heavy atom. The van der Waals surface area contributed by atoms with Crippen molar-refractivity contribution >= 4 is 5.91 Å². The Labute approximate surface area is 436 Å². The van der Waals surface area contributed by atoms with Crippen molar-refractivity contribution in [3.63, 3.8) is 0 Å². The summed E-state index contributed by atoms with van der Waals surface area (Å²) in [7, 11) is 0. The Bertz CT molecular complexity index is 1350. The van der Waals surface area contributed by atoms with Crippen LogP contribution in [0.3, 0.4) is 0 Å². The Balaban J connectivity index is 1.64. The van der Waals surface area contributed by atoms with Crippen molar-refractivity contribution in [1.82, 2.24) is 5.32 Å². The van der Waals surface area contributed by atoms with E-state index in [0.29, 0.717) is 12.8 Å². The maximum atomic E-state index is 13.2. The monoisotopic (exact) mass is 1030 g/mol. The molecule has 0 aromatic carbocycles. The van der Waals surface area contributed by atoms with Crippen molar-refractivity contribution in [3.8, 4) is 0 Å². The second kappa shape index (κ2) is 44.3. The third-order valence-electron chi connectivity index (χ3n) is 14.4. The van der Waals surface area contributed by atoms with Gasteiger partial charge in [0, 0.05) is 6.42 Å². The van der Waals surface area contributed by atoms with Crippen molar-refractivity contribution in [2.45, 2.75) is 306 Å². The first-order valence-electron chi connectivity index (χ1n) is 29.2. The minimum Gasteiger partial charge on any atom is -0.394 e. The number of hydrogen-bond acceptors (Lipinski definition) is 13. The summed E-state index contributed by atoms with van der Waals surface area (Å²) >= 11 is 0. The number of unbranched alkanes of at least 4 members (excludes halogenated alkanes) is 27. The van der Waals surface area contributed by atoms with Crippen LogP contribution in [0, 0.1) is 0 Å². The normalized spacial score (nSPS) is 25.8. The van der Waals surface area contributed by atoms with Gasteiger partial charge in [-0.3, -0.25) is 4.79 Å². The van der Waals surface area contributed by atoms with Gasteiger partial charge in [-0.2, -0.15) is 0 Å². The first-order valence-corrected chi connectivity index (χ1v) is 29.2. The van der Waals surface area contributed by atoms with Crippen molar-refractivity contribution in [2.75, 3.05) is 19.8 Å². The molecule has 9 N–H and O–H groups in total. The van der Waals surface area contributed by atoms with Gasteiger partial charge < -0.3 is 65.1 Å². The molecule has 0 aliphatic carbocycles. The molecular weight excluding hydrogens is 919 g/mol. The number of hydrogen-bond donors (Lipinski definition) is 9. The van der Waals surface area contributed by atoms with Crippen LogP contribution in [-0.2, 0) is 23.7 Å². The molecule has 2 aliphatic heterocycles. The highest BCUT2D eigenvalue weighted by molar-refractivity contribution is 5.76. The SMILES string of the molecule is CCCCCCC/C=C\C/C=C\C/C=C\CCCCCCCCCCCCCCCCC(=O)NC(COC1OC(CO)C(OC2OC(CO)C(O)C(O)C2O)C(O)C1O)C(O)CCCCCCCCCCC. The van der Waals surface area contributed by atoms with Gasteiger partial charge in [0.05, 0.1) is 32.0 Å². The van der Waals surface area contributed by atoms with Crippen molar-refractivity contribution < 1.29 is 64.6 Å². The Morgan fingerprint density at radius 2 is 0.917 bits per heavy atom. The molecule has 2 heterocycles. The fraction of sp³-hybridized carbons (Fsp3) is 0.879. The topological polar surface area (TPSA) is 228 Å². The van der Waals surface area contributed by atoms with Crippen LogP contribution >= 0.6 is 0 Å². The Kier molecular flexibility index (Phi) is 40.9. The molecule has 1 amide bonds. The second-order valence-corrected chi connectivity index (χ2v) is 20.8. The van der Waals surface area contributed by atoms with Crippen molar-refractivity contribution in [1.29, 1.82) is 0 Å².